The van der Waals surface area contributed by atoms with Crippen LogP contribution in [-0.2, 0) is 0 Å². The summed E-state index contributed by atoms with van der Waals surface area (Å²) in [5.74, 6) is 0. The van der Waals surface area contributed by atoms with Gasteiger partial charge in [-0.15, -0.1) is 0 Å². The molecule has 0 N–H and O–H groups in total. The highest BCUT2D eigenvalue weighted by molar-refractivity contribution is 7.97. The lowest BCUT2D eigenvalue weighted by molar-refractivity contribution is 1.15. The van der Waals surface area contributed by atoms with Crippen LogP contribution in [0, 0.1) is 0 Å². The van der Waals surface area contributed by atoms with E-state index in [9.17, 15) is 4.79 Å². The standard InChI is InChI=1S/C12H11NOS/c1-15-13-8-7-11(9-12(13)14)10-5-3-2-4-6-10/h2-9H,1H3. The average Bonchev–Trinajstić information content (AvgIpc) is 2.30. The fourth-order valence-corrected chi connectivity index (χ4v) is 1.84. The van der Waals surface area contributed by atoms with Crippen molar-refractivity contribution in [3.63, 3.8) is 0 Å². The number of pyridine rings is 1. The molecule has 0 unspecified atom stereocenters. The second-order valence-electron chi connectivity index (χ2n) is 3.13. The van der Waals surface area contributed by atoms with E-state index >= 15 is 0 Å². The van der Waals surface area contributed by atoms with Crippen LogP contribution in [0.15, 0.2) is 53.5 Å². The Labute approximate surface area is 92.7 Å². The first-order chi connectivity index (χ1) is 7.31. The SMILES string of the molecule is CSn1ccc(-c2ccccc2)cc1=O. The van der Waals surface area contributed by atoms with Gasteiger partial charge in [-0.3, -0.25) is 8.77 Å². The number of aromatic nitrogens is 1. The van der Waals surface area contributed by atoms with E-state index in [1.165, 1.54) is 11.9 Å². The number of hydrogen-bond donors (Lipinski definition) is 0. The molecule has 1 aromatic heterocycles. The molecule has 0 amide bonds. The fraction of sp³-hybridized carbons (Fsp3) is 0.0833. The number of nitrogens with zero attached hydrogens (tertiary/aromatic N) is 1. The summed E-state index contributed by atoms with van der Waals surface area (Å²) >= 11 is 1.40. The number of rotatable bonds is 2. The van der Waals surface area contributed by atoms with Crippen LogP contribution < -0.4 is 5.56 Å². The van der Waals surface area contributed by atoms with Crippen LogP contribution in [0.2, 0.25) is 0 Å². The van der Waals surface area contributed by atoms with Crippen LogP contribution in [0.5, 0.6) is 0 Å². The van der Waals surface area contributed by atoms with Crippen LogP contribution in [0.3, 0.4) is 0 Å². The van der Waals surface area contributed by atoms with E-state index in [2.05, 4.69) is 0 Å². The maximum atomic E-state index is 11.6. The molecule has 1 aromatic carbocycles. The molecule has 0 spiro atoms. The molecular formula is C12H11NOS. The van der Waals surface area contributed by atoms with Crippen LogP contribution in [0.4, 0.5) is 0 Å². The van der Waals surface area contributed by atoms with Crippen molar-refractivity contribution >= 4 is 11.9 Å². The molecule has 0 saturated carbocycles. The Morgan fingerprint density at radius 3 is 2.40 bits per heavy atom. The zero-order valence-electron chi connectivity index (χ0n) is 8.38. The van der Waals surface area contributed by atoms with Gasteiger partial charge >= 0.3 is 0 Å². The number of benzene rings is 1. The molecule has 0 radical (unpaired) electrons. The largest absolute Gasteiger partial charge is 0.268 e. The second kappa shape index (κ2) is 4.36. The van der Waals surface area contributed by atoms with Crippen LogP contribution >= 0.6 is 11.9 Å². The molecule has 0 atom stereocenters. The minimum Gasteiger partial charge on any atom is -0.268 e. The van der Waals surface area contributed by atoms with Gasteiger partial charge in [0.15, 0.2) is 0 Å². The molecule has 2 rings (SSSR count). The minimum absolute atomic E-state index is 0.0175. The Kier molecular flexibility index (Phi) is 2.92. The zero-order valence-corrected chi connectivity index (χ0v) is 9.20. The lowest BCUT2D eigenvalue weighted by Crippen LogP contribution is -2.12. The quantitative estimate of drug-likeness (QED) is 0.771. The summed E-state index contributed by atoms with van der Waals surface area (Å²) in [5.41, 5.74) is 2.05. The first kappa shape index (κ1) is 10.1. The summed E-state index contributed by atoms with van der Waals surface area (Å²) in [6, 6.07) is 13.5. The van der Waals surface area contributed by atoms with E-state index in [0.717, 1.165) is 11.1 Å². The van der Waals surface area contributed by atoms with E-state index in [1.807, 2.05) is 42.7 Å². The van der Waals surface area contributed by atoms with Crippen molar-refractivity contribution in [2.24, 2.45) is 0 Å². The van der Waals surface area contributed by atoms with Crippen molar-refractivity contribution in [3.8, 4) is 11.1 Å². The smallest absolute Gasteiger partial charge is 0.261 e. The maximum Gasteiger partial charge on any atom is 0.261 e. The second-order valence-corrected chi connectivity index (χ2v) is 3.89. The third-order valence-corrected chi connectivity index (χ3v) is 2.88. The van der Waals surface area contributed by atoms with Crippen LogP contribution in [0.1, 0.15) is 0 Å². The summed E-state index contributed by atoms with van der Waals surface area (Å²) in [5, 5.41) is 0. The molecule has 76 valence electrons. The molecule has 15 heavy (non-hydrogen) atoms. The van der Waals surface area contributed by atoms with Gasteiger partial charge in [-0.2, -0.15) is 0 Å². The highest BCUT2D eigenvalue weighted by atomic mass is 32.2. The van der Waals surface area contributed by atoms with Gasteiger partial charge in [-0.1, -0.05) is 30.3 Å². The minimum atomic E-state index is 0.0175. The molecule has 0 aliphatic rings. The summed E-state index contributed by atoms with van der Waals surface area (Å²) in [6.07, 6.45) is 3.68. The zero-order chi connectivity index (χ0) is 10.7. The molecule has 3 heteroatoms. The first-order valence-corrected chi connectivity index (χ1v) is 5.82. The summed E-state index contributed by atoms with van der Waals surface area (Å²) in [7, 11) is 0. The van der Waals surface area contributed by atoms with Gasteiger partial charge in [-0.25, -0.2) is 0 Å². The van der Waals surface area contributed by atoms with Crippen molar-refractivity contribution in [3.05, 3.63) is 59.0 Å². The molecule has 0 bridgehead atoms. The fourth-order valence-electron chi connectivity index (χ4n) is 1.43. The van der Waals surface area contributed by atoms with Gasteiger partial charge in [0.05, 0.1) is 0 Å². The van der Waals surface area contributed by atoms with Crippen molar-refractivity contribution < 1.29 is 0 Å². The molecule has 2 nitrogen and oxygen atoms in total. The van der Waals surface area contributed by atoms with E-state index in [-0.39, 0.29) is 5.56 Å². The Hall–Kier alpha value is -1.48. The predicted octanol–water partition coefficient (Wildman–Crippen LogP) is 2.64. The van der Waals surface area contributed by atoms with Gasteiger partial charge < -0.3 is 0 Å². The molecule has 2 aromatic rings. The third-order valence-electron chi connectivity index (χ3n) is 2.19. The molecule has 1 heterocycles. The van der Waals surface area contributed by atoms with E-state index < -0.39 is 0 Å². The third kappa shape index (κ3) is 2.13. The van der Waals surface area contributed by atoms with Crippen molar-refractivity contribution in [1.82, 2.24) is 3.97 Å². The highest BCUT2D eigenvalue weighted by Crippen LogP contribution is 2.16. The van der Waals surface area contributed by atoms with Crippen LogP contribution in [0.25, 0.3) is 11.1 Å². The topological polar surface area (TPSA) is 22.0 Å². The predicted molar refractivity (Wildman–Crippen MR) is 65.1 cm³/mol. The van der Waals surface area contributed by atoms with Gasteiger partial charge in [-0.05, 0) is 29.1 Å². The monoisotopic (exact) mass is 217 g/mol. The summed E-state index contributed by atoms with van der Waals surface area (Å²) < 4.78 is 1.60. The summed E-state index contributed by atoms with van der Waals surface area (Å²) in [6.45, 7) is 0. The van der Waals surface area contributed by atoms with Crippen LogP contribution in [-0.4, -0.2) is 10.2 Å². The molecule has 0 aliphatic heterocycles. The molecule has 0 saturated heterocycles. The number of hydrogen-bond acceptors (Lipinski definition) is 2. The summed E-state index contributed by atoms with van der Waals surface area (Å²) in [4.78, 5) is 11.6. The van der Waals surface area contributed by atoms with Crippen molar-refractivity contribution in [2.45, 2.75) is 0 Å². The lowest BCUT2D eigenvalue weighted by Gasteiger charge is -2.03. The Bertz CT molecular complexity index is 505. The Morgan fingerprint density at radius 1 is 1.07 bits per heavy atom. The molecule has 0 fully saturated rings. The first-order valence-electron chi connectivity index (χ1n) is 4.64. The van der Waals surface area contributed by atoms with E-state index in [4.69, 9.17) is 0 Å². The van der Waals surface area contributed by atoms with Gasteiger partial charge in [0.2, 0.25) is 0 Å². The molecular weight excluding hydrogens is 206 g/mol. The normalized spacial score (nSPS) is 10.2. The Morgan fingerprint density at radius 2 is 1.80 bits per heavy atom. The van der Waals surface area contributed by atoms with E-state index in [1.54, 1.807) is 16.2 Å². The van der Waals surface area contributed by atoms with Crippen molar-refractivity contribution in [1.29, 1.82) is 0 Å². The van der Waals surface area contributed by atoms with E-state index in [0.29, 0.717) is 0 Å². The average molecular weight is 217 g/mol. The van der Waals surface area contributed by atoms with Gasteiger partial charge in [0.25, 0.3) is 5.56 Å². The lowest BCUT2D eigenvalue weighted by atomic mass is 10.1. The highest BCUT2D eigenvalue weighted by Gasteiger charge is 1.99. The maximum absolute atomic E-state index is 11.6. The van der Waals surface area contributed by atoms with Crippen molar-refractivity contribution in [2.75, 3.05) is 6.26 Å². The molecule has 0 aliphatic carbocycles. The van der Waals surface area contributed by atoms with Gasteiger partial charge in [0.1, 0.15) is 0 Å². The van der Waals surface area contributed by atoms with Gasteiger partial charge in [0, 0.05) is 18.5 Å². The Balaban J connectivity index is 2.48.